The highest BCUT2D eigenvalue weighted by atomic mass is 16.5. The van der Waals surface area contributed by atoms with Crippen LogP contribution in [0.25, 0.3) is 0 Å². The maximum atomic E-state index is 12.0. The Morgan fingerprint density at radius 2 is 1.94 bits per heavy atom. The number of rotatable bonds is 3. The Kier molecular flexibility index (Phi) is 3.10. The Morgan fingerprint density at radius 1 is 1.29 bits per heavy atom. The molecule has 0 aromatic heterocycles. The first kappa shape index (κ1) is 11.6. The van der Waals surface area contributed by atoms with Crippen LogP contribution in [0.2, 0.25) is 0 Å². The number of benzene rings is 1. The summed E-state index contributed by atoms with van der Waals surface area (Å²) in [6, 6.07) is 8.96. The number of hydrogen-bond donors (Lipinski definition) is 1. The molecule has 5 nitrogen and oxygen atoms in total. The fourth-order valence-corrected chi connectivity index (χ4v) is 1.62. The molecule has 5 heteroatoms. The van der Waals surface area contributed by atoms with E-state index in [1.54, 1.807) is 24.3 Å². The van der Waals surface area contributed by atoms with Gasteiger partial charge in [-0.25, -0.2) is 0 Å². The van der Waals surface area contributed by atoms with Crippen LogP contribution in [0.1, 0.15) is 0 Å². The summed E-state index contributed by atoms with van der Waals surface area (Å²) >= 11 is 0. The van der Waals surface area contributed by atoms with E-state index in [0.717, 1.165) is 0 Å². The summed E-state index contributed by atoms with van der Waals surface area (Å²) in [5.41, 5.74) is -0.544. The van der Waals surface area contributed by atoms with Crippen LogP contribution in [0, 0.1) is 5.41 Å². The average Bonchev–Trinajstić information content (AvgIpc) is 2.28. The topological polar surface area (TPSA) is 64.6 Å². The van der Waals surface area contributed by atoms with Gasteiger partial charge in [0.25, 0.3) is 0 Å². The van der Waals surface area contributed by atoms with E-state index in [-0.39, 0.29) is 19.1 Å². The smallest absolute Gasteiger partial charge is 0.326 e. The summed E-state index contributed by atoms with van der Waals surface area (Å²) in [7, 11) is 1.26. The average molecular weight is 235 g/mol. The number of nitrogens with one attached hydrogen (secondary N) is 1. The van der Waals surface area contributed by atoms with E-state index in [1.807, 2.05) is 6.07 Å². The van der Waals surface area contributed by atoms with Crippen LogP contribution in [0.15, 0.2) is 30.3 Å². The SMILES string of the molecule is COC(=O)C1(C(=O)Nc2ccccc2)COC1. The van der Waals surface area contributed by atoms with Crippen molar-refractivity contribution < 1.29 is 19.1 Å². The quantitative estimate of drug-likeness (QED) is 0.622. The lowest BCUT2D eigenvalue weighted by atomic mass is 9.85. The van der Waals surface area contributed by atoms with Gasteiger partial charge in [-0.05, 0) is 12.1 Å². The van der Waals surface area contributed by atoms with Crippen LogP contribution in [-0.4, -0.2) is 32.2 Å². The molecule has 1 N–H and O–H groups in total. The van der Waals surface area contributed by atoms with Crippen molar-refractivity contribution >= 4 is 17.6 Å². The first-order chi connectivity index (χ1) is 8.19. The molecule has 0 radical (unpaired) electrons. The Hall–Kier alpha value is -1.88. The van der Waals surface area contributed by atoms with Gasteiger partial charge in [0.1, 0.15) is 0 Å². The normalized spacial score (nSPS) is 16.8. The van der Waals surface area contributed by atoms with Crippen molar-refractivity contribution in [2.75, 3.05) is 25.6 Å². The minimum atomic E-state index is -1.19. The van der Waals surface area contributed by atoms with E-state index in [2.05, 4.69) is 10.1 Å². The molecule has 1 aliphatic heterocycles. The van der Waals surface area contributed by atoms with Gasteiger partial charge < -0.3 is 14.8 Å². The van der Waals surface area contributed by atoms with Gasteiger partial charge in [0, 0.05) is 5.69 Å². The zero-order valence-corrected chi connectivity index (χ0v) is 9.43. The molecule has 0 aliphatic carbocycles. The number of carbonyl (C=O) groups is 2. The lowest BCUT2D eigenvalue weighted by Gasteiger charge is -2.36. The summed E-state index contributed by atoms with van der Waals surface area (Å²) in [6.07, 6.45) is 0. The lowest BCUT2D eigenvalue weighted by molar-refractivity contribution is -0.185. The molecule has 1 saturated heterocycles. The molecular formula is C12H13NO4. The van der Waals surface area contributed by atoms with Crippen molar-refractivity contribution in [3.8, 4) is 0 Å². The van der Waals surface area contributed by atoms with Gasteiger partial charge in [-0.3, -0.25) is 9.59 Å². The summed E-state index contributed by atoms with van der Waals surface area (Å²) in [6.45, 7) is 0.136. The van der Waals surface area contributed by atoms with E-state index in [0.29, 0.717) is 5.69 Å². The number of esters is 1. The van der Waals surface area contributed by atoms with Crippen LogP contribution >= 0.6 is 0 Å². The Labute approximate surface area is 98.7 Å². The van der Waals surface area contributed by atoms with E-state index < -0.39 is 11.4 Å². The second-order valence-electron chi connectivity index (χ2n) is 3.89. The van der Waals surface area contributed by atoms with E-state index in [4.69, 9.17) is 4.74 Å². The molecule has 17 heavy (non-hydrogen) atoms. The van der Waals surface area contributed by atoms with Crippen LogP contribution < -0.4 is 5.32 Å². The molecule has 1 aromatic carbocycles. The summed E-state index contributed by atoms with van der Waals surface area (Å²) < 4.78 is 9.59. The highest BCUT2D eigenvalue weighted by Gasteiger charge is 2.54. The largest absolute Gasteiger partial charge is 0.468 e. The van der Waals surface area contributed by atoms with Crippen LogP contribution in [0.4, 0.5) is 5.69 Å². The van der Waals surface area contributed by atoms with Gasteiger partial charge in [0.2, 0.25) is 5.91 Å². The van der Waals surface area contributed by atoms with Crippen molar-refractivity contribution in [3.05, 3.63) is 30.3 Å². The zero-order valence-electron chi connectivity index (χ0n) is 9.43. The Morgan fingerprint density at radius 3 is 2.41 bits per heavy atom. The second-order valence-corrected chi connectivity index (χ2v) is 3.89. The van der Waals surface area contributed by atoms with Gasteiger partial charge in [-0.1, -0.05) is 18.2 Å². The molecule has 0 bridgehead atoms. The molecule has 2 rings (SSSR count). The summed E-state index contributed by atoms with van der Waals surface area (Å²) in [5, 5.41) is 2.68. The highest BCUT2D eigenvalue weighted by Crippen LogP contribution is 2.30. The maximum Gasteiger partial charge on any atom is 0.326 e. The first-order valence-corrected chi connectivity index (χ1v) is 5.22. The molecule has 90 valence electrons. The van der Waals surface area contributed by atoms with E-state index >= 15 is 0 Å². The Bertz CT molecular complexity index is 425. The molecule has 0 spiro atoms. The number of carbonyl (C=O) groups excluding carboxylic acids is 2. The van der Waals surface area contributed by atoms with Crippen LogP contribution in [0.5, 0.6) is 0 Å². The Balaban J connectivity index is 2.11. The highest BCUT2D eigenvalue weighted by molar-refractivity contribution is 6.09. The number of para-hydroxylation sites is 1. The number of methoxy groups -OCH3 is 1. The monoisotopic (exact) mass is 235 g/mol. The van der Waals surface area contributed by atoms with Gasteiger partial charge in [-0.15, -0.1) is 0 Å². The molecular weight excluding hydrogens is 222 g/mol. The molecule has 0 saturated carbocycles. The minimum Gasteiger partial charge on any atom is -0.468 e. The predicted molar refractivity (Wildman–Crippen MR) is 60.3 cm³/mol. The minimum absolute atomic E-state index is 0.0678. The lowest BCUT2D eigenvalue weighted by Crippen LogP contribution is -2.57. The van der Waals surface area contributed by atoms with Gasteiger partial charge in [0.15, 0.2) is 5.41 Å². The maximum absolute atomic E-state index is 12.0. The first-order valence-electron chi connectivity index (χ1n) is 5.22. The van der Waals surface area contributed by atoms with Gasteiger partial charge in [-0.2, -0.15) is 0 Å². The van der Waals surface area contributed by atoms with Crippen molar-refractivity contribution in [1.82, 2.24) is 0 Å². The molecule has 1 aliphatic rings. The fourth-order valence-electron chi connectivity index (χ4n) is 1.62. The van der Waals surface area contributed by atoms with Gasteiger partial charge in [0.05, 0.1) is 20.3 Å². The third kappa shape index (κ3) is 2.01. The van der Waals surface area contributed by atoms with Crippen molar-refractivity contribution in [2.45, 2.75) is 0 Å². The number of ether oxygens (including phenoxy) is 2. The van der Waals surface area contributed by atoms with Crippen molar-refractivity contribution in [3.63, 3.8) is 0 Å². The van der Waals surface area contributed by atoms with E-state index in [9.17, 15) is 9.59 Å². The molecule has 1 fully saturated rings. The van der Waals surface area contributed by atoms with Crippen molar-refractivity contribution in [2.24, 2.45) is 5.41 Å². The second kappa shape index (κ2) is 4.55. The standard InChI is InChI=1S/C12H13NO4/c1-16-11(15)12(7-17-8-12)10(14)13-9-5-3-2-4-6-9/h2-6H,7-8H2,1H3,(H,13,14). The van der Waals surface area contributed by atoms with E-state index in [1.165, 1.54) is 7.11 Å². The number of hydrogen-bond acceptors (Lipinski definition) is 4. The third-order valence-corrected chi connectivity index (χ3v) is 2.74. The molecule has 0 unspecified atom stereocenters. The van der Waals surface area contributed by atoms with Crippen LogP contribution in [0.3, 0.4) is 0 Å². The molecule has 1 amide bonds. The zero-order chi connectivity index (χ0) is 12.3. The summed E-state index contributed by atoms with van der Waals surface area (Å²) in [5.74, 6) is -0.945. The molecule has 0 atom stereocenters. The third-order valence-electron chi connectivity index (χ3n) is 2.74. The predicted octanol–water partition coefficient (Wildman–Crippen LogP) is 0.815. The van der Waals surface area contributed by atoms with Gasteiger partial charge >= 0.3 is 5.97 Å². The van der Waals surface area contributed by atoms with Crippen LogP contribution in [-0.2, 0) is 19.1 Å². The van der Waals surface area contributed by atoms with Crippen molar-refractivity contribution in [1.29, 1.82) is 0 Å². The number of amides is 1. The number of anilines is 1. The fraction of sp³-hybridized carbons (Fsp3) is 0.333. The molecule has 1 heterocycles. The summed E-state index contributed by atoms with van der Waals surface area (Å²) in [4.78, 5) is 23.6. The molecule has 1 aromatic rings.